The Hall–Kier alpha value is -1.41. The number of rotatable bonds is 3. The van der Waals surface area contributed by atoms with E-state index in [4.69, 9.17) is 13.9 Å². The molecule has 132 valence electrons. The number of nitrogens with zero attached hydrogens (tertiary/aromatic N) is 3. The van der Waals surface area contributed by atoms with E-state index in [9.17, 15) is 16.8 Å². The Balaban J connectivity index is 0.00000127. The number of ether oxygens (including phenoxy) is 1. The molecular formula is C12H16F6N3OP. The van der Waals surface area contributed by atoms with Gasteiger partial charge in [-0.25, -0.2) is 0 Å². The van der Waals surface area contributed by atoms with Crippen LogP contribution in [0.2, 0.25) is 0 Å². The molecule has 1 aliphatic rings. The zero-order chi connectivity index (χ0) is 17.7. The first-order valence-electron chi connectivity index (χ1n) is 6.53. The van der Waals surface area contributed by atoms with Gasteiger partial charge in [-0.15, -0.1) is 0 Å². The zero-order valence-corrected chi connectivity index (χ0v) is 13.3. The van der Waals surface area contributed by atoms with Crippen LogP contribution < -0.4 is 4.90 Å². The van der Waals surface area contributed by atoms with Crippen LogP contribution in [0.4, 0.5) is 37.3 Å². The van der Waals surface area contributed by atoms with E-state index in [2.05, 4.69) is 10.0 Å². The Labute approximate surface area is 129 Å². The molecule has 1 aromatic rings. The van der Waals surface area contributed by atoms with Gasteiger partial charge in [-0.2, -0.15) is 0 Å². The second-order valence-corrected chi connectivity index (χ2v) is 6.45. The van der Waals surface area contributed by atoms with Gasteiger partial charge in [0.2, 0.25) is 0 Å². The molecule has 1 aromatic carbocycles. The van der Waals surface area contributed by atoms with E-state index in [0.29, 0.717) is 18.8 Å². The third kappa shape index (κ3) is 6.31. The predicted molar refractivity (Wildman–Crippen MR) is 77.0 cm³/mol. The number of anilines is 1. The van der Waals surface area contributed by atoms with Gasteiger partial charge in [-0.05, 0) is 0 Å². The third-order valence-corrected chi connectivity index (χ3v) is 3.51. The Kier molecular flexibility index (Phi) is 6.35. The molecule has 23 heavy (non-hydrogen) atoms. The Morgan fingerprint density at radius 3 is 2.09 bits per heavy atom. The maximum absolute atomic E-state index is 12.2. The molecule has 11 heteroatoms. The van der Waals surface area contributed by atoms with Crippen molar-refractivity contribution in [3.63, 3.8) is 0 Å². The smallest absolute Gasteiger partial charge is 0 e. The summed E-state index contributed by atoms with van der Waals surface area (Å²) in [6, 6.07) is 3.24. The van der Waals surface area contributed by atoms with Gasteiger partial charge in [0, 0.05) is 9.15 Å². The van der Waals surface area contributed by atoms with Crippen LogP contribution in [0.15, 0.2) is 22.1 Å². The summed E-state index contributed by atoms with van der Waals surface area (Å²) in [6.07, 6.45) is 0. The van der Waals surface area contributed by atoms with Crippen LogP contribution in [0.5, 0.6) is 0 Å². The van der Waals surface area contributed by atoms with Crippen LogP contribution >= 0.6 is 8.00 Å². The molecule has 1 heterocycles. The summed E-state index contributed by atoms with van der Waals surface area (Å²) in [5.74, 6) is 0. The molecule has 2 rings (SSSR count). The molecule has 1 fully saturated rings. The molecule has 0 aliphatic carbocycles. The summed E-state index contributed by atoms with van der Waals surface area (Å²) in [5.41, 5.74) is 2.25. The fraction of sp³-hybridized carbons (Fsp3) is 0.500. The van der Waals surface area contributed by atoms with Gasteiger partial charge in [0.1, 0.15) is 0 Å². The first-order chi connectivity index (χ1) is 10.6. The van der Waals surface area contributed by atoms with Crippen molar-refractivity contribution in [1.82, 2.24) is 0 Å². The van der Waals surface area contributed by atoms with E-state index in [1.54, 1.807) is 19.9 Å². The SMILES string of the molecule is Cc1cc(N2CCOCC2)c(C)cc1N=NP(F)(F)(F)F.FF. The molecule has 0 aromatic heterocycles. The average Bonchev–Trinajstić information content (AvgIpc) is 2.49. The van der Waals surface area contributed by atoms with Gasteiger partial charge >= 0.3 is 119 Å². The second kappa shape index (κ2) is 7.44. The summed E-state index contributed by atoms with van der Waals surface area (Å²) in [5, 5.41) is 3.04. The minimum absolute atomic E-state index is 0.0316. The number of benzene rings is 1. The number of hydrogen-bond acceptors (Lipinski definition) is 4. The summed E-state index contributed by atoms with van der Waals surface area (Å²) in [4.78, 5) is 4.06. The van der Waals surface area contributed by atoms with Crippen LogP contribution in [0.1, 0.15) is 11.1 Å². The van der Waals surface area contributed by atoms with Crippen LogP contribution in [0.3, 0.4) is 0 Å². The molecule has 0 N–H and O–H groups in total. The Morgan fingerprint density at radius 1 is 1.00 bits per heavy atom. The number of hydrogen-bond donors (Lipinski definition) is 0. The standard InChI is InChI=1S/C12H16F4N3OP.F2/c1-9-8-12(19-3-5-20-6-4-19)10(2)7-11(9)17-18-21(13,14,15)16;1-2/h7-8H,3-6H2,1-2H3;. The van der Waals surface area contributed by atoms with Crippen molar-refractivity contribution in [3.8, 4) is 0 Å². The fourth-order valence-corrected chi connectivity index (χ4v) is 2.39. The minimum atomic E-state index is -7.96. The van der Waals surface area contributed by atoms with E-state index in [-0.39, 0.29) is 5.69 Å². The second-order valence-electron chi connectivity index (χ2n) is 4.90. The van der Waals surface area contributed by atoms with Crippen molar-refractivity contribution in [3.05, 3.63) is 23.3 Å². The van der Waals surface area contributed by atoms with Gasteiger partial charge in [0.15, 0.2) is 0 Å². The predicted octanol–water partition coefficient (Wildman–Crippen LogP) is 6.07. The molecular weight excluding hydrogens is 347 g/mol. The van der Waals surface area contributed by atoms with Gasteiger partial charge in [-0.3, -0.25) is 0 Å². The van der Waals surface area contributed by atoms with Crippen molar-refractivity contribution in [2.24, 2.45) is 10.00 Å². The van der Waals surface area contributed by atoms with E-state index in [0.717, 1.165) is 24.3 Å². The van der Waals surface area contributed by atoms with Crippen molar-refractivity contribution in [2.45, 2.75) is 13.8 Å². The van der Waals surface area contributed by atoms with Gasteiger partial charge in [0.25, 0.3) is 0 Å². The van der Waals surface area contributed by atoms with Crippen LogP contribution in [0, 0.1) is 13.8 Å². The molecule has 1 aliphatic heterocycles. The largest absolute Gasteiger partial charge is 0 e. The average molecular weight is 363 g/mol. The molecule has 0 saturated carbocycles. The van der Waals surface area contributed by atoms with Crippen molar-refractivity contribution >= 4 is 19.4 Å². The van der Waals surface area contributed by atoms with Gasteiger partial charge in [0.05, 0.1) is 0 Å². The molecule has 0 bridgehead atoms. The van der Waals surface area contributed by atoms with Gasteiger partial charge in [-0.1, -0.05) is 0 Å². The Morgan fingerprint density at radius 2 is 1.57 bits per heavy atom. The summed E-state index contributed by atoms with van der Waals surface area (Å²) < 4.78 is 70.1. The van der Waals surface area contributed by atoms with E-state index in [1.807, 2.05) is 4.88 Å². The molecule has 1 saturated heterocycles. The monoisotopic (exact) mass is 363 g/mol. The van der Waals surface area contributed by atoms with Crippen LogP contribution in [-0.4, -0.2) is 26.3 Å². The van der Waals surface area contributed by atoms with Gasteiger partial charge < -0.3 is 0 Å². The molecule has 0 amide bonds. The maximum atomic E-state index is 12.2. The number of aryl methyl sites for hydroxylation is 2. The van der Waals surface area contributed by atoms with E-state index < -0.39 is 8.00 Å². The van der Waals surface area contributed by atoms with Crippen molar-refractivity contribution < 1.29 is 30.7 Å². The van der Waals surface area contributed by atoms with E-state index >= 15 is 0 Å². The summed E-state index contributed by atoms with van der Waals surface area (Å²) >= 11 is 0. The molecule has 4 nitrogen and oxygen atoms in total. The first-order valence-corrected chi connectivity index (χ1v) is 8.28. The van der Waals surface area contributed by atoms with E-state index in [1.165, 1.54) is 6.07 Å². The Bertz CT molecular complexity index is 563. The van der Waals surface area contributed by atoms with Crippen LogP contribution in [0.25, 0.3) is 0 Å². The van der Waals surface area contributed by atoms with Crippen LogP contribution in [-0.2, 0) is 4.74 Å². The molecule has 0 unspecified atom stereocenters. The molecule has 0 spiro atoms. The maximum Gasteiger partial charge on any atom is 0 e. The normalized spacial score (nSPS) is 17.4. The quantitative estimate of drug-likeness (QED) is 0.371. The molecule has 0 radical (unpaired) electrons. The first kappa shape index (κ1) is 19.6. The topological polar surface area (TPSA) is 37.2 Å². The van der Waals surface area contributed by atoms with Crippen molar-refractivity contribution in [2.75, 3.05) is 31.2 Å². The summed E-state index contributed by atoms with van der Waals surface area (Å²) in [6.45, 7) is 6.08. The summed E-state index contributed by atoms with van der Waals surface area (Å²) in [7, 11) is -7.96. The third-order valence-electron chi connectivity index (χ3n) is 3.15. The number of morpholine rings is 1. The fourth-order valence-electron chi connectivity index (χ4n) is 2.15. The van der Waals surface area contributed by atoms with Crippen molar-refractivity contribution in [1.29, 1.82) is 0 Å². The zero-order valence-electron chi connectivity index (χ0n) is 12.4. The molecule has 0 atom stereocenters. The number of halogens is 6. The minimum Gasteiger partial charge on any atom is 0 e.